The fourth-order valence-electron chi connectivity index (χ4n) is 2.71. The lowest BCUT2D eigenvalue weighted by Gasteiger charge is -2.39. The lowest BCUT2D eigenvalue weighted by Crippen LogP contribution is -2.45. The molecule has 0 saturated carbocycles. The SMILES string of the molecule is CC(C)(P)C(C)(C)OBc1ccc2c(c1)C(=O)C(=O)c1ccccc1-2. The summed E-state index contributed by atoms with van der Waals surface area (Å²) in [6.07, 6.45) is 0. The molecule has 0 bridgehead atoms. The normalized spacial score (nSPS) is 14.1. The van der Waals surface area contributed by atoms with Crippen LogP contribution in [-0.4, -0.2) is 29.8 Å². The van der Waals surface area contributed by atoms with Gasteiger partial charge in [-0.25, -0.2) is 0 Å². The third-order valence-corrected chi connectivity index (χ3v) is 5.84. The Balaban J connectivity index is 1.94. The number of ketones is 2. The molecule has 0 aromatic heterocycles. The van der Waals surface area contributed by atoms with E-state index in [2.05, 4.69) is 23.1 Å². The van der Waals surface area contributed by atoms with E-state index in [1.54, 1.807) is 18.2 Å². The van der Waals surface area contributed by atoms with Crippen molar-refractivity contribution in [3.63, 3.8) is 0 Å². The fourth-order valence-corrected chi connectivity index (χ4v) is 2.80. The van der Waals surface area contributed by atoms with Gasteiger partial charge in [0, 0.05) is 16.3 Å². The Labute approximate surface area is 151 Å². The highest BCUT2D eigenvalue weighted by Crippen LogP contribution is 2.34. The summed E-state index contributed by atoms with van der Waals surface area (Å²) in [5.74, 6) is -0.881. The minimum atomic E-state index is -0.443. The van der Waals surface area contributed by atoms with Crippen molar-refractivity contribution in [3.05, 3.63) is 53.6 Å². The zero-order valence-electron chi connectivity index (χ0n) is 15.1. The molecule has 0 saturated heterocycles. The molecule has 1 unspecified atom stereocenters. The monoisotopic (exact) mass is 352 g/mol. The standard InChI is InChI=1S/C20H22BO3P/c1-19(2,20(3,4)25)24-21-12-9-10-14-13-7-5-6-8-15(13)17(22)18(23)16(14)11-12/h5-11,21H,25H2,1-4H3. The van der Waals surface area contributed by atoms with Crippen LogP contribution in [0.2, 0.25) is 0 Å². The van der Waals surface area contributed by atoms with Crippen LogP contribution in [0, 0.1) is 0 Å². The van der Waals surface area contributed by atoms with Crippen molar-refractivity contribution in [2.75, 3.05) is 0 Å². The van der Waals surface area contributed by atoms with Gasteiger partial charge in [0.05, 0.1) is 5.60 Å². The number of hydrogen-bond donors (Lipinski definition) is 0. The maximum Gasteiger partial charge on any atom is 0.309 e. The number of hydrogen-bond acceptors (Lipinski definition) is 3. The zero-order valence-corrected chi connectivity index (χ0v) is 16.2. The van der Waals surface area contributed by atoms with E-state index >= 15 is 0 Å². The third kappa shape index (κ3) is 3.21. The Kier molecular flexibility index (Phi) is 4.47. The average molecular weight is 352 g/mol. The van der Waals surface area contributed by atoms with Crippen molar-refractivity contribution >= 4 is 33.8 Å². The summed E-state index contributed by atoms with van der Waals surface area (Å²) in [6.45, 7) is 8.29. The Morgan fingerprint density at radius 1 is 0.840 bits per heavy atom. The molecule has 128 valence electrons. The second kappa shape index (κ2) is 6.19. The highest BCUT2D eigenvalue weighted by Gasteiger charge is 2.34. The summed E-state index contributed by atoms with van der Waals surface area (Å²) < 4.78 is 6.09. The molecule has 0 N–H and O–H groups in total. The highest BCUT2D eigenvalue weighted by molar-refractivity contribution is 7.19. The number of Topliss-reactive ketones (excluding diaryl/α,β-unsaturated/α-hetero) is 2. The third-order valence-electron chi connectivity index (χ3n) is 5.15. The number of carbonyl (C=O) groups is 2. The first-order valence-electron chi connectivity index (χ1n) is 8.36. The van der Waals surface area contributed by atoms with Gasteiger partial charge >= 0.3 is 7.48 Å². The predicted molar refractivity (Wildman–Crippen MR) is 106 cm³/mol. The number of benzene rings is 2. The van der Waals surface area contributed by atoms with Crippen molar-refractivity contribution < 1.29 is 14.2 Å². The highest BCUT2D eigenvalue weighted by atomic mass is 31.0. The van der Waals surface area contributed by atoms with Gasteiger partial charge in [-0.15, -0.1) is 9.24 Å². The van der Waals surface area contributed by atoms with E-state index in [1.807, 2.05) is 38.1 Å². The molecule has 0 fully saturated rings. The molecule has 1 aliphatic carbocycles. The first-order valence-corrected chi connectivity index (χ1v) is 8.94. The lowest BCUT2D eigenvalue weighted by atomic mass is 9.78. The largest absolute Gasteiger partial charge is 0.429 e. The molecule has 1 atom stereocenters. The van der Waals surface area contributed by atoms with E-state index in [0.717, 1.165) is 16.6 Å². The van der Waals surface area contributed by atoms with Crippen LogP contribution in [0.15, 0.2) is 42.5 Å². The van der Waals surface area contributed by atoms with Gasteiger partial charge in [-0.2, -0.15) is 0 Å². The first kappa shape index (κ1) is 18.0. The molecule has 25 heavy (non-hydrogen) atoms. The van der Waals surface area contributed by atoms with Crippen molar-refractivity contribution in [2.45, 2.75) is 38.5 Å². The molecule has 0 radical (unpaired) electrons. The van der Waals surface area contributed by atoms with E-state index in [9.17, 15) is 9.59 Å². The van der Waals surface area contributed by atoms with Crippen LogP contribution in [0.5, 0.6) is 0 Å². The molecule has 2 aromatic rings. The van der Waals surface area contributed by atoms with Gasteiger partial charge in [-0.3, -0.25) is 9.59 Å². The summed E-state index contributed by atoms with van der Waals surface area (Å²) in [6, 6.07) is 12.9. The Hall–Kier alpha value is -1.77. The van der Waals surface area contributed by atoms with Crippen LogP contribution in [0.3, 0.4) is 0 Å². The van der Waals surface area contributed by atoms with E-state index in [-0.39, 0.29) is 10.8 Å². The predicted octanol–water partition coefficient (Wildman–Crippen LogP) is 3.16. The smallest absolute Gasteiger partial charge is 0.309 e. The van der Waals surface area contributed by atoms with Crippen LogP contribution in [0.4, 0.5) is 0 Å². The maximum atomic E-state index is 12.5. The van der Waals surface area contributed by atoms with E-state index in [4.69, 9.17) is 4.65 Å². The molecule has 2 aromatic carbocycles. The van der Waals surface area contributed by atoms with Crippen molar-refractivity contribution in [1.82, 2.24) is 0 Å². The van der Waals surface area contributed by atoms with Crippen LogP contribution in [0.25, 0.3) is 11.1 Å². The van der Waals surface area contributed by atoms with Crippen LogP contribution < -0.4 is 5.46 Å². The molecular formula is C20H22BO3P. The molecule has 3 nitrogen and oxygen atoms in total. The van der Waals surface area contributed by atoms with Crippen molar-refractivity contribution in [1.29, 1.82) is 0 Å². The fraction of sp³-hybridized carbons (Fsp3) is 0.300. The second-order valence-electron chi connectivity index (χ2n) is 7.60. The summed E-state index contributed by atoms with van der Waals surface area (Å²) in [7, 11) is 3.20. The molecule has 0 spiro atoms. The number of carbonyl (C=O) groups excluding carboxylic acids is 2. The number of rotatable bonds is 4. The minimum Gasteiger partial charge on any atom is -0.429 e. The Morgan fingerprint density at radius 2 is 1.40 bits per heavy atom. The van der Waals surface area contributed by atoms with Gasteiger partial charge in [-0.1, -0.05) is 61.8 Å². The molecule has 0 heterocycles. The van der Waals surface area contributed by atoms with Gasteiger partial charge in [-0.05, 0) is 25.0 Å². The zero-order chi connectivity index (χ0) is 18.4. The van der Waals surface area contributed by atoms with Gasteiger partial charge < -0.3 is 4.65 Å². The van der Waals surface area contributed by atoms with E-state index in [0.29, 0.717) is 18.6 Å². The summed E-state index contributed by atoms with van der Waals surface area (Å²) in [4.78, 5) is 24.9. The summed E-state index contributed by atoms with van der Waals surface area (Å²) >= 11 is 0. The van der Waals surface area contributed by atoms with Crippen molar-refractivity contribution in [2.24, 2.45) is 0 Å². The minimum absolute atomic E-state index is 0.0913. The van der Waals surface area contributed by atoms with Crippen molar-refractivity contribution in [3.8, 4) is 11.1 Å². The summed E-state index contributed by atoms with van der Waals surface area (Å²) in [5.41, 5.74) is 3.12. The lowest BCUT2D eigenvalue weighted by molar-refractivity contribution is 0.0815. The topological polar surface area (TPSA) is 43.4 Å². The van der Waals surface area contributed by atoms with E-state index < -0.39 is 11.6 Å². The Morgan fingerprint density at radius 3 is 2.04 bits per heavy atom. The van der Waals surface area contributed by atoms with Gasteiger partial charge in [0.15, 0.2) is 0 Å². The van der Waals surface area contributed by atoms with Gasteiger partial charge in [0.2, 0.25) is 11.6 Å². The first-order chi connectivity index (χ1) is 11.6. The molecule has 0 amide bonds. The van der Waals surface area contributed by atoms with Crippen LogP contribution in [0.1, 0.15) is 48.4 Å². The average Bonchev–Trinajstić information content (AvgIpc) is 2.57. The number of fused-ring (bicyclic) bond motifs is 3. The van der Waals surface area contributed by atoms with Crippen LogP contribution >= 0.6 is 9.24 Å². The second-order valence-corrected chi connectivity index (χ2v) is 9.05. The molecule has 0 aliphatic heterocycles. The maximum absolute atomic E-state index is 12.5. The van der Waals surface area contributed by atoms with Gasteiger partial charge in [0.25, 0.3) is 0 Å². The Bertz CT molecular complexity index is 865. The molecule has 1 aliphatic rings. The van der Waals surface area contributed by atoms with Gasteiger partial charge in [0.1, 0.15) is 0 Å². The molecule has 5 heteroatoms. The van der Waals surface area contributed by atoms with Crippen LogP contribution in [-0.2, 0) is 4.65 Å². The summed E-state index contributed by atoms with van der Waals surface area (Å²) in [5, 5.41) is -0.0913. The quantitative estimate of drug-likeness (QED) is 0.482. The van der Waals surface area contributed by atoms with E-state index in [1.165, 1.54) is 0 Å². The molecule has 3 rings (SSSR count). The molecular weight excluding hydrogens is 330 g/mol.